The number of nitrogens with zero attached hydrogens (tertiary/aromatic N) is 5. The molecule has 4 rings (SSSR count). The summed E-state index contributed by atoms with van der Waals surface area (Å²) >= 11 is 0. The number of aliphatic imine (C=N–C) groups is 1. The van der Waals surface area contributed by atoms with Crippen LogP contribution >= 0.6 is 0 Å². The number of nitrogens with one attached hydrogen (secondary N) is 1. The first-order valence-corrected chi connectivity index (χ1v) is 11.8. The summed E-state index contributed by atoms with van der Waals surface area (Å²) in [5, 5.41) is 4.33. The van der Waals surface area contributed by atoms with Gasteiger partial charge in [0.25, 0.3) is 0 Å². The number of benzene rings is 1. The number of fused-ring (bicyclic) bond motifs is 1. The molecular formula is C27H32N6O2. The van der Waals surface area contributed by atoms with E-state index in [0.29, 0.717) is 30.6 Å². The molecular weight excluding hydrogens is 440 g/mol. The molecule has 3 heterocycles. The highest BCUT2D eigenvalue weighted by Crippen LogP contribution is 2.34. The van der Waals surface area contributed by atoms with Gasteiger partial charge >= 0.3 is 0 Å². The number of ether oxygens (including phenoxy) is 2. The van der Waals surface area contributed by atoms with E-state index in [1.807, 2.05) is 57.4 Å². The third-order valence-corrected chi connectivity index (χ3v) is 6.01. The number of hydrogen-bond donors (Lipinski definition) is 1. The highest BCUT2D eigenvalue weighted by Gasteiger charge is 2.20. The SMILES string of the molecule is C=C(/C=C\C(C)=NC)C(C)Nc1ncnc2c(OC3CCOCC3)cc(-c3ncc(C)cn3)cc12. The van der Waals surface area contributed by atoms with Crippen LogP contribution in [0.2, 0.25) is 0 Å². The van der Waals surface area contributed by atoms with E-state index >= 15 is 0 Å². The van der Waals surface area contributed by atoms with Gasteiger partial charge in [0.15, 0.2) is 5.82 Å². The fourth-order valence-electron chi connectivity index (χ4n) is 3.73. The average molecular weight is 473 g/mol. The fraction of sp³-hybridized carbons (Fsp3) is 0.370. The second-order valence-corrected chi connectivity index (χ2v) is 8.75. The Morgan fingerprint density at radius 2 is 1.91 bits per heavy atom. The monoisotopic (exact) mass is 472 g/mol. The molecule has 0 aliphatic carbocycles. The van der Waals surface area contributed by atoms with E-state index in [4.69, 9.17) is 9.47 Å². The van der Waals surface area contributed by atoms with Crippen LogP contribution in [0.3, 0.4) is 0 Å². The lowest BCUT2D eigenvalue weighted by Gasteiger charge is -2.24. The van der Waals surface area contributed by atoms with E-state index in [9.17, 15) is 0 Å². The van der Waals surface area contributed by atoms with Crippen molar-refractivity contribution in [2.75, 3.05) is 25.6 Å². The zero-order valence-electron chi connectivity index (χ0n) is 20.8. The van der Waals surface area contributed by atoms with Gasteiger partial charge in [-0.25, -0.2) is 19.9 Å². The second-order valence-electron chi connectivity index (χ2n) is 8.75. The van der Waals surface area contributed by atoms with Gasteiger partial charge in [0.1, 0.15) is 29.5 Å². The lowest BCUT2D eigenvalue weighted by Crippen LogP contribution is -2.26. The van der Waals surface area contributed by atoms with Gasteiger partial charge in [-0.3, -0.25) is 4.99 Å². The Labute approximate surface area is 206 Å². The quantitative estimate of drug-likeness (QED) is 0.366. The number of anilines is 1. The third kappa shape index (κ3) is 6.08. The Morgan fingerprint density at radius 3 is 2.63 bits per heavy atom. The molecule has 1 N–H and O–H groups in total. The van der Waals surface area contributed by atoms with Gasteiger partial charge in [-0.15, -0.1) is 0 Å². The van der Waals surface area contributed by atoms with Crippen LogP contribution in [0.1, 0.15) is 32.3 Å². The van der Waals surface area contributed by atoms with Crippen LogP contribution in [0.5, 0.6) is 5.75 Å². The molecule has 0 amide bonds. The summed E-state index contributed by atoms with van der Waals surface area (Å²) in [6.07, 6.45) is 10.8. The predicted molar refractivity (Wildman–Crippen MR) is 140 cm³/mol. The summed E-state index contributed by atoms with van der Waals surface area (Å²) in [5.74, 6) is 2.02. The molecule has 1 aliphatic rings. The van der Waals surface area contributed by atoms with Gasteiger partial charge in [-0.05, 0) is 50.1 Å². The molecule has 1 aromatic carbocycles. The summed E-state index contributed by atoms with van der Waals surface area (Å²) in [7, 11) is 1.77. The number of aryl methyl sites for hydroxylation is 1. The molecule has 8 heteroatoms. The van der Waals surface area contributed by atoms with Gasteiger partial charge in [-0.1, -0.05) is 12.7 Å². The van der Waals surface area contributed by atoms with Gasteiger partial charge in [-0.2, -0.15) is 0 Å². The Bertz CT molecular complexity index is 1250. The summed E-state index contributed by atoms with van der Waals surface area (Å²) in [6.45, 7) is 11.6. The smallest absolute Gasteiger partial charge is 0.159 e. The van der Waals surface area contributed by atoms with Gasteiger partial charge in [0.05, 0.1) is 13.2 Å². The van der Waals surface area contributed by atoms with Crippen LogP contribution in [0.15, 0.2) is 60.2 Å². The Kier molecular flexibility index (Phi) is 7.82. The minimum atomic E-state index is -0.0619. The second kappa shape index (κ2) is 11.2. The Morgan fingerprint density at radius 1 is 1.17 bits per heavy atom. The van der Waals surface area contributed by atoms with E-state index < -0.39 is 0 Å². The molecule has 1 aliphatic heterocycles. The molecule has 1 fully saturated rings. The number of rotatable bonds is 8. The highest BCUT2D eigenvalue weighted by atomic mass is 16.5. The van der Waals surface area contributed by atoms with Crippen molar-refractivity contribution < 1.29 is 9.47 Å². The van der Waals surface area contributed by atoms with E-state index in [1.165, 1.54) is 0 Å². The van der Waals surface area contributed by atoms with E-state index in [1.54, 1.807) is 13.4 Å². The van der Waals surface area contributed by atoms with E-state index in [0.717, 1.165) is 46.2 Å². The third-order valence-electron chi connectivity index (χ3n) is 6.01. The van der Waals surface area contributed by atoms with Crippen LogP contribution in [-0.2, 0) is 4.74 Å². The van der Waals surface area contributed by atoms with E-state index in [2.05, 4.69) is 36.8 Å². The Balaban J connectivity index is 1.73. The molecule has 0 radical (unpaired) electrons. The molecule has 8 nitrogen and oxygen atoms in total. The Hall–Kier alpha value is -3.65. The van der Waals surface area contributed by atoms with Crippen LogP contribution in [0.4, 0.5) is 5.82 Å². The topological polar surface area (TPSA) is 94.4 Å². The molecule has 3 aromatic rings. The predicted octanol–water partition coefficient (Wildman–Crippen LogP) is 4.96. The number of allylic oxidation sites excluding steroid dienone is 1. The zero-order chi connectivity index (χ0) is 24.8. The zero-order valence-corrected chi connectivity index (χ0v) is 20.8. The normalized spacial score (nSPS) is 15.9. The summed E-state index contributed by atoms with van der Waals surface area (Å²) in [5.41, 5.74) is 4.44. The first kappa shape index (κ1) is 24.5. The largest absolute Gasteiger partial charge is 0.488 e. The van der Waals surface area contributed by atoms with Crippen molar-refractivity contribution >= 4 is 22.4 Å². The maximum atomic E-state index is 6.44. The van der Waals surface area contributed by atoms with Crippen LogP contribution in [0.25, 0.3) is 22.3 Å². The molecule has 182 valence electrons. The minimum absolute atomic E-state index is 0.0619. The van der Waals surface area contributed by atoms with Crippen molar-refractivity contribution in [3.63, 3.8) is 0 Å². The number of aromatic nitrogens is 4. The fourth-order valence-corrected chi connectivity index (χ4v) is 3.73. The molecule has 0 bridgehead atoms. The summed E-state index contributed by atoms with van der Waals surface area (Å²) in [6, 6.07) is 3.92. The van der Waals surface area contributed by atoms with Crippen molar-refractivity contribution in [2.24, 2.45) is 4.99 Å². The van der Waals surface area contributed by atoms with Crippen LogP contribution in [0, 0.1) is 6.92 Å². The van der Waals surface area contributed by atoms with E-state index in [-0.39, 0.29) is 12.1 Å². The van der Waals surface area contributed by atoms with Crippen molar-refractivity contribution in [1.29, 1.82) is 0 Å². The lowest BCUT2D eigenvalue weighted by molar-refractivity contribution is 0.0261. The molecule has 2 aromatic heterocycles. The molecule has 0 saturated carbocycles. The summed E-state index contributed by atoms with van der Waals surface area (Å²) < 4.78 is 11.9. The average Bonchev–Trinajstić information content (AvgIpc) is 2.88. The van der Waals surface area contributed by atoms with Crippen molar-refractivity contribution in [3.05, 3.63) is 60.7 Å². The maximum absolute atomic E-state index is 6.44. The maximum Gasteiger partial charge on any atom is 0.159 e. The van der Waals surface area contributed by atoms with Gasteiger partial charge in [0.2, 0.25) is 0 Å². The van der Waals surface area contributed by atoms with Gasteiger partial charge < -0.3 is 14.8 Å². The molecule has 1 unspecified atom stereocenters. The van der Waals surface area contributed by atoms with Crippen molar-refractivity contribution in [3.8, 4) is 17.1 Å². The standard InChI is InChI=1S/C27H32N6O2/c1-17-14-29-26(30-15-17)21-12-23-25(24(13-21)35-22-8-10-34-11-9-22)31-16-32-27(23)33-20(4)18(2)6-7-19(3)28-5/h6-7,12-16,20,22H,2,8-11H2,1,3-5H3,(H,31,32,33)/b7-6-,28-19?. The molecule has 1 atom stereocenters. The summed E-state index contributed by atoms with van der Waals surface area (Å²) in [4.78, 5) is 22.3. The van der Waals surface area contributed by atoms with Crippen molar-refractivity contribution in [1.82, 2.24) is 19.9 Å². The van der Waals surface area contributed by atoms with Gasteiger partial charge in [0, 0.05) is 55.0 Å². The lowest BCUT2D eigenvalue weighted by atomic mass is 10.1. The first-order valence-electron chi connectivity index (χ1n) is 11.8. The first-order chi connectivity index (χ1) is 16.9. The molecule has 35 heavy (non-hydrogen) atoms. The molecule has 0 spiro atoms. The van der Waals surface area contributed by atoms with Crippen LogP contribution < -0.4 is 10.1 Å². The van der Waals surface area contributed by atoms with Crippen molar-refractivity contribution in [2.45, 2.75) is 45.8 Å². The molecule has 1 saturated heterocycles. The highest BCUT2D eigenvalue weighted by molar-refractivity contribution is 5.96. The van der Waals surface area contributed by atoms with Crippen LogP contribution in [-0.4, -0.2) is 58.1 Å². The number of hydrogen-bond acceptors (Lipinski definition) is 8. The minimum Gasteiger partial charge on any atom is -0.488 e.